The lowest BCUT2D eigenvalue weighted by Crippen LogP contribution is -2.29. The topological polar surface area (TPSA) is 70.2 Å². The van der Waals surface area contributed by atoms with Crippen molar-refractivity contribution in [2.24, 2.45) is 5.41 Å². The minimum atomic E-state index is -0.276. The van der Waals surface area contributed by atoms with Crippen LogP contribution in [0.15, 0.2) is 66.4 Å². The van der Waals surface area contributed by atoms with Gasteiger partial charge in [-0.1, -0.05) is 56.3 Å². The van der Waals surface area contributed by atoms with Crippen LogP contribution in [0.25, 0.3) is 0 Å². The van der Waals surface area contributed by atoms with Gasteiger partial charge in [-0.25, -0.2) is 4.79 Å². The molecule has 3 rings (SSSR count). The highest BCUT2D eigenvalue weighted by Gasteiger charge is 2.27. The number of carbonyl (C=O) groups is 2. The molecule has 0 aromatic heterocycles. The minimum absolute atomic E-state index is 0.0659. The van der Waals surface area contributed by atoms with Gasteiger partial charge in [-0.3, -0.25) is 4.79 Å². The van der Waals surface area contributed by atoms with E-state index in [1.165, 1.54) is 0 Å². The Morgan fingerprint density at radius 2 is 1.63 bits per heavy atom. The lowest BCUT2D eigenvalue weighted by molar-refractivity contribution is -0.117. The molecule has 2 aromatic carbocycles. The van der Waals surface area contributed by atoms with Gasteiger partial charge in [0.15, 0.2) is 5.78 Å². The molecule has 2 aromatic rings. The number of rotatable bonds is 5. The Morgan fingerprint density at radius 3 is 2.33 bits per heavy atom. The van der Waals surface area contributed by atoms with E-state index in [-0.39, 0.29) is 17.2 Å². The van der Waals surface area contributed by atoms with Gasteiger partial charge in [0.2, 0.25) is 0 Å². The molecule has 0 spiro atoms. The number of ketones is 1. The van der Waals surface area contributed by atoms with Gasteiger partial charge in [-0.05, 0) is 29.5 Å². The second-order valence-corrected chi connectivity index (χ2v) is 7.62. The third-order valence-electron chi connectivity index (χ3n) is 4.42. The van der Waals surface area contributed by atoms with E-state index in [2.05, 4.69) is 29.8 Å². The number of benzene rings is 2. The Kier molecular flexibility index (Phi) is 5.60. The zero-order chi connectivity index (χ0) is 19.3. The second kappa shape index (κ2) is 8.08. The van der Waals surface area contributed by atoms with Gasteiger partial charge >= 0.3 is 6.03 Å². The molecule has 0 fully saturated rings. The first kappa shape index (κ1) is 18.7. The molecule has 140 valence electrons. The highest BCUT2D eigenvalue weighted by Crippen LogP contribution is 2.35. The van der Waals surface area contributed by atoms with Crippen molar-refractivity contribution < 1.29 is 9.59 Å². The van der Waals surface area contributed by atoms with Crippen molar-refractivity contribution in [2.75, 3.05) is 10.6 Å². The quantitative estimate of drug-likeness (QED) is 0.721. The molecule has 5 heteroatoms. The third kappa shape index (κ3) is 5.45. The summed E-state index contributed by atoms with van der Waals surface area (Å²) in [5.74, 6) is 0.125. The number of anilines is 2. The summed E-state index contributed by atoms with van der Waals surface area (Å²) < 4.78 is 0. The molecule has 1 aliphatic carbocycles. The molecular formula is C22H25N3O2. The van der Waals surface area contributed by atoms with E-state index in [0.717, 1.165) is 23.4 Å². The molecule has 1 aliphatic rings. The lowest BCUT2D eigenvalue weighted by atomic mass is 9.79. The predicted octanol–water partition coefficient (Wildman–Crippen LogP) is 4.69. The number of hydrogen-bond donors (Lipinski definition) is 3. The number of allylic oxidation sites excluding steroid dienone is 2. The van der Waals surface area contributed by atoms with Crippen LogP contribution < -0.4 is 16.0 Å². The molecular weight excluding hydrogens is 338 g/mol. The fourth-order valence-corrected chi connectivity index (χ4v) is 3.25. The molecule has 0 heterocycles. The molecule has 0 unspecified atom stereocenters. The highest BCUT2D eigenvalue weighted by atomic mass is 16.2. The van der Waals surface area contributed by atoms with Gasteiger partial charge < -0.3 is 16.0 Å². The van der Waals surface area contributed by atoms with E-state index in [0.29, 0.717) is 18.7 Å². The van der Waals surface area contributed by atoms with E-state index < -0.39 is 0 Å². The van der Waals surface area contributed by atoms with Crippen LogP contribution in [0.1, 0.15) is 32.3 Å². The first-order valence-corrected chi connectivity index (χ1v) is 9.09. The zero-order valence-corrected chi connectivity index (χ0v) is 15.7. The summed E-state index contributed by atoms with van der Waals surface area (Å²) in [6, 6.07) is 17.0. The molecule has 0 aliphatic heterocycles. The maximum absolute atomic E-state index is 12.3. The summed E-state index contributed by atoms with van der Waals surface area (Å²) in [6.45, 7) is 4.62. The molecule has 27 heavy (non-hydrogen) atoms. The van der Waals surface area contributed by atoms with Gasteiger partial charge in [0, 0.05) is 24.7 Å². The number of nitrogens with one attached hydrogen (secondary N) is 3. The van der Waals surface area contributed by atoms with Crippen LogP contribution in [0.5, 0.6) is 0 Å². The monoisotopic (exact) mass is 363 g/mol. The van der Waals surface area contributed by atoms with Crippen molar-refractivity contribution >= 4 is 23.2 Å². The number of para-hydroxylation sites is 2. The molecule has 0 atom stereocenters. The number of hydrogen-bond acceptors (Lipinski definition) is 3. The molecule has 5 nitrogen and oxygen atoms in total. The van der Waals surface area contributed by atoms with Gasteiger partial charge in [-0.2, -0.15) is 0 Å². The van der Waals surface area contributed by atoms with Crippen LogP contribution in [-0.4, -0.2) is 11.8 Å². The van der Waals surface area contributed by atoms with Crippen molar-refractivity contribution in [3.05, 3.63) is 71.9 Å². The average Bonchev–Trinajstić information content (AvgIpc) is 2.61. The van der Waals surface area contributed by atoms with Gasteiger partial charge in [0.05, 0.1) is 11.4 Å². The highest BCUT2D eigenvalue weighted by molar-refractivity contribution is 5.95. The summed E-state index contributed by atoms with van der Waals surface area (Å²) >= 11 is 0. The van der Waals surface area contributed by atoms with Gasteiger partial charge in [0.1, 0.15) is 0 Å². The summed E-state index contributed by atoms with van der Waals surface area (Å²) in [5, 5.41) is 9.04. The van der Waals surface area contributed by atoms with Gasteiger partial charge in [0.25, 0.3) is 0 Å². The van der Waals surface area contributed by atoms with Crippen LogP contribution in [0.2, 0.25) is 0 Å². The first-order valence-electron chi connectivity index (χ1n) is 9.09. The maximum atomic E-state index is 12.3. The van der Waals surface area contributed by atoms with E-state index in [4.69, 9.17) is 0 Å². The van der Waals surface area contributed by atoms with Crippen LogP contribution in [0, 0.1) is 5.41 Å². The molecule has 0 radical (unpaired) electrons. The third-order valence-corrected chi connectivity index (χ3v) is 4.42. The summed E-state index contributed by atoms with van der Waals surface area (Å²) in [5.41, 5.74) is 3.27. The number of urea groups is 1. The fraction of sp³-hybridized carbons (Fsp3) is 0.273. The predicted molar refractivity (Wildman–Crippen MR) is 108 cm³/mol. The normalized spacial score (nSPS) is 15.6. The minimum Gasteiger partial charge on any atom is -0.357 e. The summed E-state index contributed by atoms with van der Waals surface area (Å²) in [7, 11) is 0. The summed E-state index contributed by atoms with van der Waals surface area (Å²) in [6.07, 6.45) is 3.00. The second-order valence-electron chi connectivity index (χ2n) is 7.62. The van der Waals surface area contributed by atoms with Crippen molar-refractivity contribution in [2.45, 2.75) is 33.2 Å². The molecule has 3 N–H and O–H groups in total. The lowest BCUT2D eigenvalue weighted by Gasteiger charge is -2.29. The van der Waals surface area contributed by atoms with Crippen molar-refractivity contribution in [3.8, 4) is 0 Å². The van der Waals surface area contributed by atoms with Crippen LogP contribution in [0.3, 0.4) is 0 Å². The Balaban J connectivity index is 1.65. The Hall–Kier alpha value is -3.08. The maximum Gasteiger partial charge on any atom is 0.319 e. The largest absolute Gasteiger partial charge is 0.357 e. The van der Waals surface area contributed by atoms with Crippen molar-refractivity contribution in [1.82, 2.24) is 5.32 Å². The van der Waals surface area contributed by atoms with E-state index in [1.54, 1.807) is 6.08 Å². The van der Waals surface area contributed by atoms with E-state index in [9.17, 15) is 9.59 Å². The number of amides is 2. The van der Waals surface area contributed by atoms with Crippen LogP contribution >= 0.6 is 0 Å². The zero-order valence-electron chi connectivity index (χ0n) is 15.7. The average molecular weight is 363 g/mol. The van der Waals surface area contributed by atoms with Crippen LogP contribution in [-0.2, 0) is 11.3 Å². The summed E-state index contributed by atoms with van der Waals surface area (Å²) in [4.78, 5) is 24.2. The van der Waals surface area contributed by atoms with E-state index >= 15 is 0 Å². The Bertz CT molecular complexity index is 857. The van der Waals surface area contributed by atoms with E-state index in [1.807, 2.05) is 54.6 Å². The molecule has 0 saturated carbocycles. The Morgan fingerprint density at radius 1 is 0.963 bits per heavy atom. The van der Waals surface area contributed by atoms with Crippen molar-refractivity contribution in [3.63, 3.8) is 0 Å². The molecule has 2 amide bonds. The number of carbonyl (C=O) groups excluding carboxylic acids is 2. The Labute approximate surface area is 159 Å². The standard InChI is InChI=1S/C22H25N3O2/c1-22(2)13-17(12-18(26)14-22)24-19-10-6-7-11-20(19)25-21(27)23-15-16-8-4-3-5-9-16/h3-12,24H,13-15H2,1-2H3,(H2,23,25,27). The van der Waals surface area contributed by atoms with Crippen molar-refractivity contribution in [1.29, 1.82) is 0 Å². The molecule has 0 bridgehead atoms. The van der Waals surface area contributed by atoms with Gasteiger partial charge in [-0.15, -0.1) is 0 Å². The fourth-order valence-electron chi connectivity index (χ4n) is 3.25. The SMILES string of the molecule is CC1(C)CC(=O)C=C(Nc2ccccc2NC(=O)NCc2ccccc2)C1. The molecule has 0 saturated heterocycles. The van der Waals surface area contributed by atoms with Crippen LogP contribution in [0.4, 0.5) is 16.2 Å². The first-order chi connectivity index (χ1) is 12.9. The smallest absolute Gasteiger partial charge is 0.319 e.